The van der Waals surface area contributed by atoms with E-state index in [1.165, 1.54) is 0 Å². The van der Waals surface area contributed by atoms with E-state index in [1.807, 2.05) is 11.8 Å². The predicted octanol–water partition coefficient (Wildman–Crippen LogP) is 2.21. The molecule has 0 aliphatic carbocycles. The average molecular weight is 283 g/mol. The summed E-state index contributed by atoms with van der Waals surface area (Å²) in [5.41, 5.74) is 1.34. The van der Waals surface area contributed by atoms with E-state index in [4.69, 9.17) is 11.6 Å². The van der Waals surface area contributed by atoms with E-state index in [9.17, 15) is 4.79 Å². The number of rotatable bonds is 1. The maximum absolute atomic E-state index is 12.2. The Kier molecular flexibility index (Phi) is 4.61. The third kappa shape index (κ3) is 3.58. The van der Waals surface area contributed by atoms with E-state index in [0.717, 1.165) is 38.3 Å². The van der Waals surface area contributed by atoms with E-state index < -0.39 is 0 Å². The summed E-state index contributed by atoms with van der Waals surface area (Å²) >= 11 is 6.13. The average Bonchev–Trinajstić information content (AvgIpc) is 2.60. The smallest absolute Gasteiger partial charge is 0.321 e. The normalized spacial score (nSPS) is 17.1. The molecule has 104 valence electrons. The molecule has 0 atom stereocenters. The molecule has 1 N–H and O–H groups in total. The van der Waals surface area contributed by atoms with Crippen molar-refractivity contribution >= 4 is 23.3 Å². The Balaban J connectivity index is 2.02. The van der Waals surface area contributed by atoms with Crippen molar-refractivity contribution in [3.8, 4) is 0 Å². The molecule has 0 spiro atoms. The third-order valence-electron chi connectivity index (χ3n) is 3.31. The van der Waals surface area contributed by atoms with Crippen molar-refractivity contribution in [3.63, 3.8) is 0 Å². The number of urea groups is 1. The molecule has 2 amide bonds. The van der Waals surface area contributed by atoms with E-state index >= 15 is 0 Å². The first-order chi connectivity index (χ1) is 9.08. The summed E-state index contributed by atoms with van der Waals surface area (Å²) in [6.07, 6.45) is 2.64. The number of likely N-dealkylation sites (N-methyl/N-ethyl adjacent to an activating group) is 1. The second-order valence-corrected chi connectivity index (χ2v) is 5.21. The van der Waals surface area contributed by atoms with Crippen LogP contribution in [-0.4, -0.2) is 54.0 Å². The van der Waals surface area contributed by atoms with Crippen molar-refractivity contribution < 1.29 is 4.79 Å². The molecule has 1 aliphatic rings. The molecule has 0 radical (unpaired) electrons. The largest absolute Gasteiger partial charge is 0.323 e. The number of nitrogens with one attached hydrogen (secondary N) is 1. The third-order valence-corrected chi connectivity index (χ3v) is 3.79. The van der Waals surface area contributed by atoms with Crippen LogP contribution in [0.2, 0.25) is 5.02 Å². The molecule has 1 aromatic heterocycles. The summed E-state index contributed by atoms with van der Waals surface area (Å²) in [7, 11) is 2.07. The van der Waals surface area contributed by atoms with E-state index in [-0.39, 0.29) is 6.03 Å². The van der Waals surface area contributed by atoms with Crippen LogP contribution in [0.3, 0.4) is 0 Å². The van der Waals surface area contributed by atoms with Gasteiger partial charge in [-0.25, -0.2) is 4.79 Å². The number of carbonyl (C=O) groups is 1. The first-order valence-electron chi connectivity index (χ1n) is 6.43. The lowest BCUT2D eigenvalue weighted by Gasteiger charge is -2.21. The zero-order valence-electron chi connectivity index (χ0n) is 11.3. The summed E-state index contributed by atoms with van der Waals surface area (Å²) in [6, 6.07) is 1.62. The highest BCUT2D eigenvalue weighted by Crippen LogP contribution is 2.23. The van der Waals surface area contributed by atoms with Gasteiger partial charge in [0.1, 0.15) is 0 Å². The number of aryl methyl sites for hydroxylation is 1. The number of amides is 2. The first kappa shape index (κ1) is 14.1. The van der Waals surface area contributed by atoms with Crippen LogP contribution in [0.15, 0.2) is 12.3 Å². The van der Waals surface area contributed by atoms with Gasteiger partial charge in [0, 0.05) is 25.8 Å². The van der Waals surface area contributed by atoms with Gasteiger partial charge in [0.25, 0.3) is 0 Å². The van der Waals surface area contributed by atoms with Gasteiger partial charge in [-0.05, 0) is 33.0 Å². The van der Waals surface area contributed by atoms with Crippen LogP contribution in [0.25, 0.3) is 0 Å². The van der Waals surface area contributed by atoms with Crippen molar-refractivity contribution in [2.75, 3.05) is 38.5 Å². The van der Waals surface area contributed by atoms with Gasteiger partial charge in [-0.15, -0.1) is 0 Å². The minimum atomic E-state index is -0.0946. The van der Waals surface area contributed by atoms with Gasteiger partial charge in [-0.2, -0.15) is 0 Å². The maximum atomic E-state index is 12.2. The SMILES string of the molecule is Cc1nccc(NC(=O)N2CCCN(C)CC2)c1Cl. The van der Waals surface area contributed by atoms with E-state index in [2.05, 4.69) is 22.2 Å². The number of pyridine rings is 1. The summed E-state index contributed by atoms with van der Waals surface area (Å²) in [5, 5.41) is 3.36. The fourth-order valence-electron chi connectivity index (χ4n) is 2.09. The van der Waals surface area contributed by atoms with Crippen molar-refractivity contribution in [2.24, 2.45) is 0 Å². The number of aromatic nitrogens is 1. The number of nitrogens with zero attached hydrogens (tertiary/aromatic N) is 3. The Morgan fingerprint density at radius 2 is 2.16 bits per heavy atom. The molecule has 1 fully saturated rings. The quantitative estimate of drug-likeness (QED) is 0.859. The van der Waals surface area contributed by atoms with Crippen molar-refractivity contribution in [2.45, 2.75) is 13.3 Å². The van der Waals surface area contributed by atoms with E-state index in [0.29, 0.717) is 10.7 Å². The predicted molar refractivity (Wildman–Crippen MR) is 76.7 cm³/mol. The second-order valence-electron chi connectivity index (χ2n) is 4.83. The molecule has 0 saturated carbocycles. The monoisotopic (exact) mass is 282 g/mol. The Morgan fingerprint density at radius 3 is 2.95 bits per heavy atom. The molecular formula is C13H19ClN4O. The van der Waals surface area contributed by atoms with Crippen LogP contribution in [0.4, 0.5) is 10.5 Å². The summed E-state index contributed by atoms with van der Waals surface area (Å²) in [6.45, 7) is 5.26. The fourth-order valence-corrected chi connectivity index (χ4v) is 2.25. The lowest BCUT2D eigenvalue weighted by molar-refractivity contribution is 0.213. The Hall–Kier alpha value is -1.33. The van der Waals surface area contributed by atoms with Crippen LogP contribution in [0.5, 0.6) is 0 Å². The van der Waals surface area contributed by atoms with Crippen molar-refractivity contribution in [1.29, 1.82) is 0 Å². The summed E-state index contributed by atoms with van der Waals surface area (Å²) in [5.74, 6) is 0. The van der Waals surface area contributed by atoms with Gasteiger partial charge in [0.15, 0.2) is 0 Å². The highest BCUT2D eigenvalue weighted by Gasteiger charge is 2.18. The van der Waals surface area contributed by atoms with Gasteiger partial charge < -0.3 is 15.1 Å². The highest BCUT2D eigenvalue weighted by atomic mass is 35.5. The topological polar surface area (TPSA) is 48.5 Å². The molecule has 1 aliphatic heterocycles. The molecule has 2 heterocycles. The van der Waals surface area contributed by atoms with Gasteiger partial charge in [-0.3, -0.25) is 4.98 Å². The van der Waals surface area contributed by atoms with Crippen molar-refractivity contribution in [3.05, 3.63) is 23.0 Å². The molecule has 1 saturated heterocycles. The number of carbonyl (C=O) groups excluding carboxylic acids is 1. The molecule has 0 unspecified atom stereocenters. The summed E-state index contributed by atoms with van der Waals surface area (Å²) < 4.78 is 0. The van der Waals surface area contributed by atoms with Gasteiger partial charge in [-0.1, -0.05) is 11.6 Å². The molecule has 6 heteroatoms. The second kappa shape index (κ2) is 6.21. The molecule has 2 rings (SSSR count). The lowest BCUT2D eigenvalue weighted by atomic mass is 10.3. The molecular weight excluding hydrogens is 264 g/mol. The van der Waals surface area contributed by atoms with Crippen LogP contribution >= 0.6 is 11.6 Å². The molecule has 19 heavy (non-hydrogen) atoms. The Labute approximate surface area is 118 Å². The lowest BCUT2D eigenvalue weighted by Crippen LogP contribution is -2.37. The molecule has 0 bridgehead atoms. The zero-order valence-corrected chi connectivity index (χ0v) is 12.1. The van der Waals surface area contributed by atoms with E-state index in [1.54, 1.807) is 12.3 Å². The fraction of sp³-hybridized carbons (Fsp3) is 0.538. The number of hydrogen-bond donors (Lipinski definition) is 1. The minimum absolute atomic E-state index is 0.0946. The van der Waals surface area contributed by atoms with Gasteiger partial charge in [0.2, 0.25) is 0 Å². The summed E-state index contributed by atoms with van der Waals surface area (Å²) in [4.78, 5) is 20.4. The molecule has 0 aromatic carbocycles. The first-order valence-corrected chi connectivity index (χ1v) is 6.81. The van der Waals surface area contributed by atoms with Crippen LogP contribution < -0.4 is 5.32 Å². The zero-order chi connectivity index (χ0) is 13.8. The van der Waals surface area contributed by atoms with Gasteiger partial charge in [0.05, 0.1) is 16.4 Å². The maximum Gasteiger partial charge on any atom is 0.321 e. The minimum Gasteiger partial charge on any atom is -0.323 e. The van der Waals surface area contributed by atoms with Gasteiger partial charge >= 0.3 is 6.03 Å². The number of halogens is 1. The highest BCUT2D eigenvalue weighted by molar-refractivity contribution is 6.34. The van der Waals surface area contributed by atoms with Crippen LogP contribution in [-0.2, 0) is 0 Å². The van der Waals surface area contributed by atoms with Crippen molar-refractivity contribution in [1.82, 2.24) is 14.8 Å². The Morgan fingerprint density at radius 1 is 1.37 bits per heavy atom. The Bertz CT molecular complexity index is 466. The number of hydrogen-bond acceptors (Lipinski definition) is 3. The number of anilines is 1. The molecule has 1 aromatic rings. The van der Waals surface area contributed by atoms with Crippen LogP contribution in [0, 0.1) is 6.92 Å². The standard InChI is InChI=1S/C13H19ClN4O/c1-10-12(14)11(4-5-15-10)16-13(19)18-7-3-6-17(2)8-9-18/h4-5H,3,6-9H2,1-2H3,(H,15,16,19). The molecule has 5 nitrogen and oxygen atoms in total. The van der Waals surface area contributed by atoms with Crippen LogP contribution in [0.1, 0.15) is 12.1 Å².